The Balaban J connectivity index is 1.28. The predicted octanol–water partition coefficient (Wildman–Crippen LogP) is 1.79. The highest BCUT2D eigenvalue weighted by atomic mass is 16.6. The van der Waals surface area contributed by atoms with Gasteiger partial charge in [-0.05, 0) is 37.5 Å². The fourth-order valence-electron chi connectivity index (χ4n) is 4.07. The predicted molar refractivity (Wildman–Crippen MR) is 102 cm³/mol. The Morgan fingerprint density at radius 1 is 1.12 bits per heavy atom. The molecule has 0 aliphatic carbocycles. The summed E-state index contributed by atoms with van der Waals surface area (Å²) in [6.07, 6.45) is 4.09. The van der Waals surface area contributed by atoms with Gasteiger partial charge in [0.05, 0.1) is 25.9 Å². The number of ether oxygens (including phenoxy) is 2. The van der Waals surface area contributed by atoms with Crippen LogP contribution in [0.5, 0.6) is 0 Å². The fraction of sp³-hybridized carbons (Fsp3) is 0.650. The van der Waals surface area contributed by atoms with Crippen molar-refractivity contribution in [2.45, 2.75) is 37.8 Å². The highest BCUT2D eigenvalue weighted by molar-refractivity contribution is 5.95. The van der Waals surface area contributed by atoms with Gasteiger partial charge in [-0.3, -0.25) is 4.79 Å². The van der Waals surface area contributed by atoms with Crippen LogP contribution >= 0.6 is 0 Å². The molecule has 6 heteroatoms. The van der Waals surface area contributed by atoms with E-state index in [9.17, 15) is 4.79 Å². The van der Waals surface area contributed by atoms with Crippen molar-refractivity contribution in [3.8, 4) is 0 Å². The van der Waals surface area contributed by atoms with Crippen LogP contribution in [0, 0.1) is 0 Å². The molecule has 0 radical (unpaired) electrons. The highest BCUT2D eigenvalue weighted by Crippen LogP contribution is 2.27. The number of carbonyl (C=O) groups excluding carboxylic acids is 1. The van der Waals surface area contributed by atoms with E-state index in [4.69, 9.17) is 9.47 Å². The first-order chi connectivity index (χ1) is 12.8. The van der Waals surface area contributed by atoms with Crippen LogP contribution in [0.3, 0.4) is 0 Å². The lowest BCUT2D eigenvalue weighted by atomic mass is 10.0. The molecular formula is C20H29N3O3. The zero-order valence-corrected chi connectivity index (χ0v) is 15.4. The van der Waals surface area contributed by atoms with Gasteiger partial charge in [-0.25, -0.2) is 0 Å². The lowest BCUT2D eigenvalue weighted by Crippen LogP contribution is -2.46. The van der Waals surface area contributed by atoms with E-state index in [0.717, 1.165) is 57.7 Å². The minimum Gasteiger partial charge on any atom is -0.376 e. The summed E-state index contributed by atoms with van der Waals surface area (Å²) in [6.45, 7) is 5.93. The van der Waals surface area contributed by atoms with Gasteiger partial charge < -0.3 is 24.6 Å². The molecule has 0 bridgehead atoms. The van der Waals surface area contributed by atoms with E-state index in [-0.39, 0.29) is 12.0 Å². The van der Waals surface area contributed by atoms with Crippen LogP contribution < -0.4 is 15.1 Å². The van der Waals surface area contributed by atoms with E-state index in [1.54, 1.807) is 0 Å². The van der Waals surface area contributed by atoms with Gasteiger partial charge in [0.2, 0.25) is 5.91 Å². The van der Waals surface area contributed by atoms with Gasteiger partial charge in [-0.1, -0.05) is 6.07 Å². The number of anilines is 2. The van der Waals surface area contributed by atoms with Crippen molar-refractivity contribution in [3.63, 3.8) is 0 Å². The number of benzene rings is 1. The second-order valence-electron chi connectivity index (χ2n) is 7.41. The molecule has 1 N–H and O–H groups in total. The molecule has 1 unspecified atom stereocenters. The summed E-state index contributed by atoms with van der Waals surface area (Å²) in [5.41, 5.74) is 2.27. The van der Waals surface area contributed by atoms with Crippen molar-refractivity contribution in [2.24, 2.45) is 0 Å². The molecule has 1 aromatic rings. The van der Waals surface area contributed by atoms with Crippen LogP contribution in [0.1, 0.15) is 25.7 Å². The fourth-order valence-corrected chi connectivity index (χ4v) is 4.07. The Labute approximate surface area is 155 Å². The molecule has 3 heterocycles. The van der Waals surface area contributed by atoms with Crippen molar-refractivity contribution in [1.29, 1.82) is 0 Å². The monoisotopic (exact) mass is 359 g/mol. The number of hydrogen-bond donors (Lipinski definition) is 1. The summed E-state index contributed by atoms with van der Waals surface area (Å²) in [4.78, 5) is 16.3. The van der Waals surface area contributed by atoms with Gasteiger partial charge in [0, 0.05) is 50.0 Å². The molecule has 3 aliphatic rings. The average Bonchev–Trinajstić information content (AvgIpc) is 3.14. The van der Waals surface area contributed by atoms with E-state index >= 15 is 0 Å². The minimum atomic E-state index is 0.191. The van der Waals surface area contributed by atoms with Crippen LogP contribution in [0.4, 0.5) is 11.4 Å². The summed E-state index contributed by atoms with van der Waals surface area (Å²) < 4.78 is 11.2. The van der Waals surface area contributed by atoms with Gasteiger partial charge in [-0.15, -0.1) is 0 Å². The molecule has 6 nitrogen and oxygen atoms in total. The molecule has 4 rings (SSSR count). The van der Waals surface area contributed by atoms with Gasteiger partial charge in [0.15, 0.2) is 0 Å². The summed E-state index contributed by atoms with van der Waals surface area (Å²) in [5.74, 6) is 0.249. The minimum absolute atomic E-state index is 0.191. The number of rotatable bonds is 5. The summed E-state index contributed by atoms with van der Waals surface area (Å²) in [6, 6.07) is 8.99. The second kappa shape index (κ2) is 8.37. The largest absolute Gasteiger partial charge is 0.376 e. The molecule has 1 aromatic carbocycles. The van der Waals surface area contributed by atoms with Crippen LogP contribution in [-0.2, 0) is 14.3 Å². The average molecular weight is 359 g/mol. The number of hydrogen-bond acceptors (Lipinski definition) is 5. The first-order valence-corrected chi connectivity index (χ1v) is 9.88. The normalized spacial score (nSPS) is 25.1. The molecule has 1 atom stereocenters. The standard InChI is InChI=1S/C20H29N3O3/c24-20-5-2-8-23(20)18-4-1-3-17(13-18)22-9-6-16(7-10-22)21-14-19-15-25-11-12-26-19/h1,3-4,13,16,19,21H,2,5-12,14-15H2. The van der Waals surface area contributed by atoms with E-state index in [1.165, 1.54) is 5.69 Å². The molecule has 3 fully saturated rings. The van der Waals surface area contributed by atoms with Crippen LogP contribution in [0.25, 0.3) is 0 Å². The maximum atomic E-state index is 12.0. The van der Waals surface area contributed by atoms with Crippen molar-refractivity contribution in [1.82, 2.24) is 5.32 Å². The van der Waals surface area contributed by atoms with E-state index in [1.807, 2.05) is 11.0 Å². The van der Waals surface area contributed by atoms with E-state index in [2.05, 4.69) is 28.4 Å². The van der Waals surface area contributed by atoms with Crippen molar-refractivity contribution in [2.75, 3.05) is 55.8 Å². The molecule has 3 aliphatic heterocycles. The van der Waals surface area contributed by atoms with Crippen molar-refractivity contribution < 1.29 is 14.3 Å². The summed E-state index contributed by atoms with van der Waals surface area (Å²) >= 11 is 0. The molecule has 0 spiro atoms. The number of carbonyl (C=O) groups is 1. The van der Waals surface area contributed by atoms with Gasteiger partial charge in [0.25, 0.3) is 0 Å². The smallest absolute Gasteiger partial charge is 0.227 e. The zero-order chi connectivity index (χ0) is 17.8. The molecule has 3 saturated heterocycles. The topological polar surface area (TPSA) is 54.0 Å². The first-order valence-electron chi connectivity index (χ1n) is 9.88. The van der Waals surface area contributed by atoms with E-state index < -0.39 is 0 Å². The molecule has 1 amide bonds. The lowest BCUT2D eigenvalue weighted by molar-refractivity contribution is -0.117. The number of amides is 1. The zero-order valence-electron chi connectivity index (χ0n) is 15.4. The summed E-state index contributed by atoms with van der Waals surface area (Å²) in [5, 5.41) is 3.64. The molecule has 0 aromatic heterocycles. The highest BCUT2D eigenvalue weighted by Gasteiger charge is 2.24. The Morgan fingerprint density at radius 3 is 2.69 bits per heavy atom. The van der Waals surface area contributed by atoms with Crippen molar-refractivity contribution in [3.05, 3.63) is 24.3 Å². The molecule has 26 heavy (non-hydrogen) atoms. The number of nitrogens with zero attached hydrogens (tertiary/aromatic N) is 2. The van der Waals surface area contributed by atoms with Crippen LogP contribution in [0.2, 0.25) is 0 Å². The molecular weight excluding hydrogens is 330 g/mol. The molecule has 0 saturated carbocycles. The SMILES string of the molecule is O=C1CCCN1c1cccc(N2CCC(NCC3COCCO3)CC2)c1. The maximum absolute atomic E-state index is 12.0. The van der Waals surface area contributed by atoms with E-state index in [0.29, 0.717) is 25.7 Å². The summed E-state index contributed by atoms with van der Waals surface area (Å²) in [7, 11) is 0. The Morgan fingerprint density at radius 2 is 1.96 bits per heavy atom. The third-order valence-corrected chi connectivity index (χ3v) is 5.59. The third-order valence-electron chi connectivity index (χ3n) is 5.59. The number of nitrogens with one attached hydrogen (secondary N) is 1. The second-order valence-corrected chi connectivity index (χ2v) is 7.41. The van der Waals surface area contributed by atoms with Crippen LogP contribution in [-0.4, -0.2) is 64.1 Å². The quantitative estimate of drug-likeness (QED) is 0.869. The van der Waals surface area contributed by atoms with Gasteiger partial charge in [-0.2, -0.15) is 0 Å². The maximum Gasteiger partial charge on any atom is 0.227 e. The van der Waals surface area contributed by atoms with Gasteiger partial charge in [0.1, 0.15) is 0 Å². The van der Waals surface area contributed by atoms with Crippen LogP contribution in [0.15, 0.2) is 24.3 Å². The van der Waals surface area contributed by atoms with Gasteiger partial charge >= 0.3 is 0 Å². The third kappa shape index (κ3) is 4.19. The van der Waals surface area contributed by atoms with Crippen molar-refractivity contribution >= 4 is 17.3 Å². The lowest BCUT2D eigenvalue weighted by Gasteiger charge is -2.35. The Hall–Kier alpha value is -1.63. The molecule has 142 valence electrons. The Bertz CT molecular complexity index is 610. The first kappa shape index (κ1) is 17.8. The number of piperidine rings is 1. The Kier molecular flexibility index (Phi) is 5.72.